The van der Waals surface area contributed by atoms with E-state index in [0.29, 0.717) is 0 Å². The number of carbonyl (C=O) groups excluding carboxylic acids is 4. The van der Waals surface area contributed by atoms with Gasteiger partial charge < -0.3 is 29.9 Å². The Hall–Kier alpha value is -4.86. The lowest BCUT2D eigenvalue weighted by Gasteiger charge is -2.13. The van der Waals surface area contributed by atoms with E-state index in [-0.39, 0.29) is 33.8 Å². The highest BCUT2D eigenvalue weighted by molar-refractivity contribution is 6.52. The second-order valence-electron chi connectivity index (χ2n) is 6.98. The molecule has 10 nitrogen and oxygen atoms in total. The second kappa shape index (κ2) is 9.33. The number of carbonyl (C=O) groups is 4. The number of hydrogen-bond donors (Lipinski definition) is 4. The maximum Gasteiger partial charge on any atom is 0.237 e. The Morgan fingerprint density at radius 2 is 0.912 bits per heavy atom. The molecule has 0 spiro atoms. The van der Waals surface area contributed by atoms with E-state index in [1.807, 2.05) is 0 Å². The van der Waals surface area contributed by atoms with Crippen LogP contribution in [0.2, 0.25) is 0 Å². The number of ketones is 4. The number of ether oxygens (including phenoxy) is 2. The highest BCUT2D eigenvalue weighted by Gasteiger charge is 2.29. The van der Waals surface area contributed by atoms with Gasteiger partial charge in [0.1, 0.15) is 11.5 Å². The first-order valence-corrected chi connectivity index (χ1v) is 9.57. The predicted molar refractivity (Wildman–Crippen MR) is 116 cm³/mol. The molecule has 0 atom stereocenters. The maximum atomic E-state index is 12.9. The summed E-state index contributed by atoms with van der Waals surface area (Å²) in [6.07, 6.45) is 0. The second-order valence-corrected chi connectivity index (χ2v) is 6.98. The topological polar surface area (TPSA) is 168 Å². The lowest BCUT2D eigenvalue weighted by Crippen LogP contribution is -2.19. The highest BCUT2D eigenvalue weighted by atomic mass is 16.5. The van der Waals surface area contributed by atoms with E-state index in [1.165, 1.54) is 14.2 Å². The summed E-state index contributed by atoms with van der Waals surface area (Å²) in [6.45, 7) is 0. The summed E-state index contributed by atoms with van der Waals surface area (Å²) in [5, 5.41) is 38.1. The zero-order valence-corrected chi connectivity index (χ0v) is 17.9. The smallest absolute Gasteiger partial charge is 0.237 e. The van der Waals surface area contributed by atoms with E-state index >= 15 is 0 Å². The summed E-state index contributed by atoms with van der Waals surface area (Å²) in [5.74, 6) is -6.83. The highest BCUT2D eigenvalue weighted by Crippen LogP contribution is 2.33. The van der Waals surface area contributed by atoms with Gasteiger partial charge in [-0.15, -0.1) is 0 Å². The van der Waals surface area contributed by atoms with E-state index in [9.17, 15) is 39.6 Å². The predicted octanol–water partition coefficient (Wildman–Crippen LogP) is 2.66. The average Bonchev–Trinajstić information content (AvgIpc) is 2.84. The van der Waals surface area contributed by atoms with Crippen LogP contribution in [-0.4, -0.2) is 57.8 Å². The number of hydrogen-bond acceptors (Lipinski definition) is 10. The summed E-state index contributed by atoms with van der Waals surface area (Å²) in [4.78, 5) is 51.3. The van der Waals surface area contributed by atoms with E-state index in [0.717, 1.165) is 48.5 Å². The minimum Gasteiger partial charge on any atom is -0.504 e. The van der Waals surface area contributed by atoms with E-state index in [1.54, 1.807) is 0 Å². The van der Waals surface area contributed by atoms with Gasteiger partial charge in [-0.25, -0.2) is 0 Å². The molecule has 0 radical (unpaired) electrons. The minimum atomic E-state index is -1.12. The molecule has 0 saturated carbocycles. The number of rotatable bonds is 8. The summed E-state index contributed by atoms with van der Waals surface area (Å²) in [7, 11) is 2.43. The Balaban J connectivity index is 2.07. The lowest BCUT2D eigenvalue weighted by molar-refractivity contribution is 0.0809. The van der Waals surface area contributed by atoms with Crippen molar-refractivity contribution in [3.05, 3.63) is 70.8 Å². The van der Waals surface area contributed by atoms with Crippen LogP contribution in [0.5, 0.6) is 34.5 Å². The number of Topliss-reactive ketones (excluding diaryl/α,β-unsaturated/α-hetero) is 4. The molecule has 0 aromatic heterocycles. The molecule has 174 valence electrons. The van der Waals surface area contributed by atoms with E-state index in [4.69, 9.17) is 9.47 Å². The van der Waals surface area contributed by atoms with Gasteiger partial charge in [-0.2, -0.15) is 0 Å². The number of phenols is 4. The molecular weight excluding hydrogens is 448 g/mol. The molecule has 0 fully saturated rings. The molecule has 0 aliphatic rings. The van der Waals surface area contributed by atoms with Crippen molar-refractivity contribution < 1.29 is 49.1 Å². The molecule has 4 N–H and O–H groups in total. The van der Waals surface area contributed by atoms with Crippen LogP contribution in [0.15, 0.2) is 48.5 Å². The van der Waals surface area contributed by atoms with Gasteiger partial charge in [0.15, 0.2) is 23.0 Å². The van der Waals surface area contributed by atoms with Gasteiger partial charge in [-0.1, -0.05) is 0 Å². The van der Waals surface area contributed by atoms with E-state index in [2.05, 4.69) is 0 Å². The number of methoxy groups -OCH3 is 2. The van der Waals surface area contributed by atoms with Crippen LogP contribution in [0, 0.1) is 0 Å². The Kier molecular flexibility index (Phi) is 6.53. The van der Waals surface area contributed by atoms with Gasteiger partial charge >= 0.3 is 0 Å². The third-order valence-electron chi connectivity index (χ3n) is 4.90. The van der Waals surface area contributed by atoms with Crippen molar-refractivity contribution in [1.82, 2.24) is 0 Å². The van der Waals surface area contributed by atoms with Crippen LogP contribution in [0.3, 0.4) is 0 Å². The lowest BCUT2D eigenvalue weighted by atomic mass is 9.94. The normalized spacial score (nSPS) is 10.4. The van der Waals surface area contributed by atoms with Crippen LogP contribution >= 0.6 is 0 Å². The number of aromatic hydroxyl groups is 4. The van der Waals surface area contributed by atoms with Gasteiger partial charge in [-0.05, 0) is 42.5 Å². The summed E-state index contributed by atoms with van der Waals surface area (Å²) < 4.78 is 10.3. The monoisotopic (exact) mass is 466 g/mol. The Bertz CT molecular complexity index is 1240. The SMILES string of the molecule is COc1cc(OC)c(C(=O)C(=O)c2ccc(O)c(O)c2)cc1C(=O)C(=O)c1ccc(O)c(O)c1. The van der Waals surface area contributed by atoms with Crippen molar-refractivity contribution in [3.63, 3.8) is 0 Å². The molecule has 0 aliphatic carbocycles. The average molecular weight is 466 g/mol. The Morgan fingerprint density at radius 3 is 1.24 bits per heavy atom. The quantitative estimate of drug-likeness (QED) is 0.220. The first kappa shape index (κ1) is 23.8. The van der Waals surface area contributed by atoms with Gasteiger partial charge in [0.2, 0.25) is 23.1 Å². The maximum absolute atomic E-state index is 12.9. The standard InChI is InChI=1S/C24H18O10/c1-33-19-10-20(34-2)14(24(32)22(30)12-4-6-16(26)18(28)8-12)9-13(19)23(31)21(29)11-3-5-15(25)17(27)7-11/h3-10,25-28H,1-2H3. The van der Waals surface area contributed by atoms with Crippen molar-refractivity contribution in [2.24, 2.45) is 0 Å². The molecule has 3 rings (SSSR count). The first-order chi connectivity index (χ1) is 16.1. The van der Waals surface area contributed by atoms with Crippen LogP contribution in [0.25, 0.3) is 0 Å². The van der Waals surface area contributed by atoms with Gasteiger partial charge in [0, 0.05) is 17.2 Å². The zero-order valence-electron chi connectivity index (χ0n) is 17.9. The molecule has 0 saturated heterocycles. The van der Waals surface area contributed by atoms with Crippen molar-refractivity contribution in [2.75, 3.05) is 14.2 Å². The molecule has 0 bridgehead atoms. The van der Waals surface area contributed by atoms with Crippen LogP contribution in [0.1, 0.15) is 41.4 Å². The number of benzene rings is 3. The van der Waals surface area contributed by atoms with Gasteiger partial charge in [0.05, 0.1) is 25.3 Å². The summed E-state index contributed by atoms with van der Waals surface area (Å²) in [5.41, 5.74) is -1.18. The summed E-state index contributed by atoms with van der Waals surface area (Å²) in [6, 6.07) is 8.24. The largest absolute Gasteiger partial charge is 0.504 e. The molecule has 0 heterocycles. The fraction of sp³-hybridized carbons (Fsp3) is 0.0833. The first-order valence-electron chi connectivity index (χ1n) is 9.57. The van der Waals surface area contributed by atoms with Crippen LogP contribution < -0.4 is 9.47 Å². The molecule has 10 heteroatoms. The molecule has 3 aromatic rings. The van der Waals surface area contributed by atoms with Crippen molar-refractivity contribution in [3.8, 4) is 34.5 Å². The van der Waals surface area contributed by atoms with Crippen molar-refractivity contribution in [1.29, 1.82) is 0 Å². The molecule has 34 heavy (non-hydrogen) atoms. The number of phenolic OH excluding ortho intramolecular Hbond substituents is 4. The minimum absolute atomic E-state index is 0.121. The van der Waals surface area contributed by atoms with Crippen molar-refractivity contribution in [2.45, 2.75) is 0 Å². The zero-order chi connectivity index (χ0) is 25.2. The molecule has 0 unspecified atom stereocenters. The molecule has 0 aliphatic heterocycles. The molecule has 0 amide bonds. The summed E-state index contributed by atoms with van der Waals surface area (Å²) >= 11 is 0. The van der Waals surface area contributed by atoms with Crippen LogP contribution in [0.4, 0.5) is 0 Å². The van der Waals surface area contributed by atoms with E-state index < -0.39 is 46.1 Å². The molecular formula is C24H18O10. The fourth-order valence-corrected chi connectivity index (χ4v) is 3.09. The Labute approximate surface area is 192 Å². The third-order valence-corrected chi connectivity index (χ3v) is 4.90. The van der Waals surface area contributed by atoms with Gasteiger partial charge in [-0.3, -0.25) is 19.2 Å². The molecule has 3 aromatic carbocycles. The van der Waals surface area contributed by atoms with Crippen LogP contribution in [-0.2, 0) is 0 Å². The third kappa shape index (κ3) is 4.37. The fourth-order valence-electron chi connectivity index (χ4n) is 3.09. The van der Waals surface area contributed by atoms with Crippen molar-refractivity contribution >= 4 is 23.1 Å². The Morgan fingerprint density at radius 1 is 0.529 bits per heavy atom. The van der Waals surface area contributed by atoms with Gasteiger partial charge in [0.25, 0.3) is 0 Å².